The number of benzene rings is 1. The van der Waals surface area contributed by atoms with Crippen LogP contribution in [-0.4, -0.2) is 31.2 Å². The van der Waals surface area contributed by atoms with Crippen molar-refractivity contribution in [2.75, 3.05) is 30.8 Å². The second kappa shape index (κ2) is 7.74. The van der Waals surface area contributed by atoms with E-state index in [4.69, 9.17) is 4.74 Å². The van der Waals surface area contributed by atoms with Gasteiger partial charge in [-0.2, -0.15) is 0 Å². The molecule has 1 heterocycles. The number of aromatic nitrogens is 1. The van der Waals surface area contributed by atoms with Crippen LogP contribution in [-0.2, 0) is 0 Å². The molecule has 0 bridgehead atoms. The summed E-state index contributed by atoms with van der Waals surface area (Å²) in [6.45, 7) is 1.10. The van der Waals surface area contributed by atoms with Crippen molar-refractivity contribution in [2.45, 2.75) is 0 Å². The van der Waals surface area contributed by atoms with Crippen LogP contribution in [0.4, 0.5) is 16.3 Å². The third kappa shape index (κ3) is 5.02. The summed E-state index contributed by atoms with van der Waals surface area (Å²) in [6.07, 6.45) is 1.71. The summed E-state index contributed by atoms with van der Waals surface area (Å²) < 4.78 is 5.05. The number of hydrogen-bond acceptors (Lipinski definition) is 4. The van der Waals surface area contributed by atoms with E-state index in [9.17, 15) is 4.79 Å². The number of urea groups is 1. The van der Waals surface area contributed by atoms with E-state index < -0.39 is 0 Å². The first-order valence-electron chi connectivity index (χ1n) is 6.62. The zero-order chi connectivity index (χ0) is 14.9. The van der Waals surface area contributed by atoms with Gasteiger partial charge in [-0.05, 0) is 36.4 Å². The van der Waals surface area contributed by atoms with Gasteiger partial charge in [-0.25, -0.2) is 9.78 Å². The molecule has 0 aliphatic heterocycles. The standard InChI is InChI=1S/C15H18N4O2/c1-21-13-7-5-12(6-8-13)19-15(20)18-11-10-17-14-4-2-3-9-16-14/h2-9H,10-11H2,1H3,(H,16,17)(H2,18,19,20). The van der Waals surface area contributed by atoms with Gasteiger partial charge in [0.2, 0.25) is 0 Å². The fourth-order valence-electron chi connectivity index (χ4n) is 1.68. The highest BCUT2D eigenvalue weighted by Crippen LogP contribution is 2.14. The first kappa shape index (κ1) is 14.6. The summed E-state index contributed by atoms with van der Waals surface area (Å²) >= 11 is 0. The van der Waals surface area contributed by atoms with Crippen molar-refractivity contribution in [1.82, 2.24) is 10.3 Å². The number of pyridine rings is 1. The molecular formula is C15H18N4O2. The second-order valence-electron chi connectivity index (χ2n) is 4.25. The summed E-state index contributed by atoms with van der Waals surface area (Å²) in [5, 5.41) is 8.61. The van der Waals surface area contributed by atoms with Crippen molar-refractivity contribution in [3.63, 3.8) is 0 Å². The molecular weight excluding hydrogens is 268 g/mol. The largest absolute Gasteiger partial charge is 0.497 e. The van der Waals surface area contributed by atoms with Gasteiger partial charge in [-0.1, -0.05) is 6.07 Å². The summed E-state index contributed by atoms with van der Waals surface area (Å²) in [7, 11) is 1.60. The number of nitrogens with one attached hydrogen (secondary N) is 3. The lowest BCUT2D eigenvalue weighted by molar-refractivity contribution is 0.252. The van der Waals surface area contributed by atoms with Crippen LogP contribution in [0.5, 0.6) is 5.75 Å². The van der Waals surface area contributed by atoms with Crippen LogP contribution in [0.1, 0.15) is 0 Å². The highest BCUT2D eigenvalue weighted by atomic mass is 16.5. The van der Waals surface area contributed by atoms with E-state index in [2.05, 4.69) is 20.9 Å². The lowest BCUT2D eigenvalue weighted by atomic mass is 10.3. The summed E-state index contributed by atoms with van der Waals surface area (Å²) in [4.78, 5) is 15.8. The molecule has 2 rings (SSSR count). The summed E-state index contributed by atoms with van der Waals surface area (Å²) in [5.41, 5.74) is 0.714. The van der Waals surface area contributed by atoms with Gasteiger partial charge in [-0.15, -0.1) is 0 Å². The number of ether oxygens (including phenoxy) is 1. The van der Waals surface area contributed by atoms with Crippen LogP contribution in [0.2, 0.25) is 0 Å². The molecule has 0 unspecified atom stereocenters. The maximum Gasteiger partial charge on any atom is 0.319 e. The van der Waals surface area contributed by atoms with E-state index in [-0.39, 0.29) is 6.03 Å². The Morgan fingerprint density at radius 3 is 2.62 bits per heavy atom. The Morgan fingerprint density at radius 2 is 1.95 bits per heavy atom. The maximum atomic E-state index is 11.7. The molecule has 0 aliphatic carbocycles. The minimum atomic E-state index is -0.247. The van der Waals surface area contributed by atoms with Crippen LogP contribution >= 0.6 is 0 Å². The minimum absolute atomic E-state index is 0.247. The van der Waals surface area contributed by atoms with Crippen LogP contribution in [0.3, 0.4) is 0 Å². The van der Waals surface area contributed by atoms with Gasteiger partial charge in [0.15, 0.2) is 0 Å². The normalized spacial score (nSPS) is 9.76. The fraction of sp³-hybridized carbons (Fsp3) is 0.200. The van der Waals surface area contributed by atoms with E-state index in [1.54, 1.807) is 37.6 Å². The molecule has 1 aromatic carbocycles. The van der Waals surface area contributed by atoms with E-state index in [1.807, 2.05) is 18.2 Å². The SMILES string of the molecule is COc1ccc(NC(=O)NCCNc2ccccn2)cc1. The first-order chi connectivity index (χ1) is 10.3. The molecule has 6 nitrogen and oxygen atoms in total. The zero-order valence-electron chi connectivity index (χ0n) is 11.8. The Hall–Kier alpha value is -2.76. The number of hydrogen-bond donors (Lipinski definition) is 3. The van der Waals surface area contributed by atoms with Crippen molar-refractivity contribution in [3.05, 3.63) is 48.7 Å². The molecule has 0 aliphatic rings. The number of amides is 2. The first-order valence-corrected chi connectivity index (χ1v) is 6.62. The zero-order valence-corrected chi connectivity index (χ0v) is 11.8. The molecule has 2 amide bonds. The molecule has 0 radical (unpaired) electrons. The molecule has 110 valence electrons. The average Bonchev–Trinajstić information content (AvgIpc) is 2.53. The van der Waals surface area contributed by atoms with Gasteiger partial charge in [-0.3, -0.25) is 0 Å². The maximum absolute atomic E-state index is 11.7. The Kier molecular flexibility index (Phi) is 5.40. The number of carbonyl (C=O) groups is 1. The average molecular weight is 286 g/mol. The number of methoxy groups -OCH3 is 1. The van der Waals surface area contributed by atoms with E-state index in [0.717, 1.165) is 11.6 Å². The van der Waals surface area contributed by atoms with Crippen LogP contribution in [0, 0.1) is 0 Å². The number of anilines is 2. The van der Waals surface area contributed by atoms with E-state index in [1.165, 1.54) is 0 Å². The Balaban J connectivity index is 1.67. The van der Waals surface area contributed by atoms with Gasteiger partial charge in [0.25, 0.3) is 0 Å². The highest BCUT2D eigenvalue weighted by Gasteiger charge is 2.01. The summed E-state index contributed by atoms with van der Waals surface area (Å²) in [5.74, 6) is 1.54. The third-order valence-electron chi connectivity index (χ3n) is 2.73. The van der Waals surface area contributed by atoms with Gasteiger partial charge in [0, 0.05) is 25.0 Å². The Bertz CT molecular complexity index is 558. The quantitative estimate of drug-likeness (QED) is 0.712. The molecule has 0 saturated carbocycles. The van der Waals surface area contributed by atoms with Gasteiger partial charge in [0.1, 0.15) is 11.6 Å². The monoisotopic (exact) mass is 286 g/mol. The van der Waals surface area contributed by atoms with Crippen molar-refractivity contribution < 1.29 is 9.53 Å². The number of carbonyl (C=O) groups excluding carboxylic acids is 1. The predicted molar refractivity (Wildman–Crippen MR) is 82.7 cm³/mol. The minimum Gasteiger partial charge on any atom is -0.497 e. The molecule has 0 spiro atoms. The van der Waals surface area contributed by atoms with Crippen LogP contribution < -0.4 is 20.7 Å². The molecule has 0 atom stereocenters. The number of rotatable bonds is 6. The molecule has 3 N–H and O–H groups in total. The Labute approximate surface area is 123 Å². The number of nitrogens with zero attached hydrogens (tertiary/aromatic N) is 1. The molecule has 1 aromatic heterocycles. The van der Waals surface area contributed by atoms with Crippen LogP contribution in [0.15, 0.2) is 48.7 Å². The lowest BCUT2D eigenvalue weighted by Gasteiger charge is -2.09. The third-order valence-corrected chi connectivity index (χ3v) is 2.73. The van der Waals surface area contributed by atoms with E-state index in [0.29, 0.717) is 18.8 Å². The predicted octanol–water partition coefficient (Wildman–Crippen LogP) is 2.32. The Morgan fingerprint density at radius 1 is 1.14 bits per heavy atom. The summed E-state index contributed by atoms with van der Waals surface area (Å²) in [6, 6.07) is 12.5. The van der Waals surface area contributed by atoms with Gasteiger partial charge < -0.3 is 20.7 Å². The van der Waals surface area contributed by atoms with Crippen LogP contribution in [0.25, 0.3) is 0 Å². The molecule has 6 heteroatoms. The van der Waals surface area contributed by atoms with Gasteiger partial charge in [0.05, 0.1) is 7.11 Å². The van der Waals surface area contributed by atoms with Crippen molar-refractivity contribution in [2.24, 2.45) is 0 Å². The fourth-order valence-corrected chi connectivity index (χ4v) is 1.68. The lowest BCUT2D eigenvalue weighted by Crippen LogP contribution is -2.32. The van der Waals surface area contributed by atoms with Crippen molar-refractivity contribution in [1.29, 1.82) is 0 Å². The smallest absolute Gasteiger partial charge is 0.319 e. The van der Waals surface area contributed by atoms with Gasteiger partial charge >= 0.3 is 6.03 Å². The van der Waals surface area contributed by atoms with Crippen molar-refractivity contribution >= 4 is 17.5 Å². The van der Waals surface area contributed by atoms with E-state index >= 15 is 0 Å². The molecule has 0 fully saturated rings. The second-order valence-corrected chi connectivity index (χ2v) is 4.25. The molecule has 0 saturated heterocycles. The highest BCUT2D eigenvalue weighted by molar-refractivity contribution is 5.89. The molecule has 21 heavy (non-hydrogen) atoms. The van der Waals surface area contributed by atoms with Crippen molar-refractivity contribution in [3.8, 4) is 5.75 Å². The topological polar surface area (TPSA) is 75.3 Å². The molecule has 2 aromatic rings.